The first kappa shape index (κ1) is 14.1. The molecule has 6 heteroatoms. The van der Waals surface area contributed by atoms with Gasteiger partial charge in [0.05, 0.1) is 11.6 Å². The predicted octanol–water partition coefficient (Wildman–Crippen LogP) is 3.95. The molecule has 2 atom stereocenters. The molecule has 3 aromatic heterocycles. The first-order valence-electron chi connectivity index (χ1n) is 6.89. The van der Waals surface area contributed by atoms with Crippen LogP contribution in [0.1, 0.15) is 48.4 Å². The number of halogens is 1. The van der Waals surface area contributed by atoms with Gasteiger partial charge in [-0.25, -0.2) is 15.0 Å². The molecule has 0 aliphatic carbocycles. The van der Waals surface area contributed by atoms with Crippen LogP contribution in [0.25, 0.3) is 11.2 Å². The minimum Gasteiger partial charge on any atom is -0.444 e. The lowest BCUT2D eigenvalue weighted by atomic mass is 10.3. The van der Waals surface area contributed by atoms with Gasteiger partial charge in [-0.2, -0.15) is 0 Å². The summed E-state index contributed by atoms with van der Waals surface area (Å²) in [4.78, 5) is 13.5. The smallest absolute Gasteiger partial charge is 0.217 e. The van der Waals surface area contributed by atoms with Crippen molar-refractivity contribution in [3.63, 3.8) is 0 Å². The van der Waals surface area contributed by atoms with Crippen molar-refractivity contribution >= 4 is 22.8 Å². The van der Waals surface area contributed by atoms with Gasteiger partial charge in [-0.15, -0.1) is 11.6 Å². The van der Waals surface area contributed by atoms with Crippen LogP contribution >= 0.6 is 11.6 Å². The van der Waals surface area contributed by atoms with Gasteiger partial charge in [0.1, 0.15) is 23.1 Å². The van der Waals surface area contributed by atoms with E-state index >= 15 is 0 Å². The molecule has 0 fully saturated rings. The zero-order valence-electron chi connectivity index (χ0n) is 12.5. The van der Waals surface area contributed by atoms with Crippen LogP contribution in [-0.4, -0.2) is 19.5 Å². The number of alkyl halides is 1. The van der Waals surface area contributed by atoms with E-state index in [1.807, 2.05) is 44.4 Å². The monoisotopic (exact) mass is 304 g/mol. The van der Waals surface area contributed by atoms with Gasteiger partial charge in [-0.05, 0) is 39.8 Å². The van der Waals surface area contributed by atoms with Crippen LogP contribution in [0.5, 0.6) is 0 Å². The molecule has 0 aromatic carbocycles. The van der Waals surface area contributed by atoms with Crippen molar-refractivity contribution in [3.8, 4) is 0 Å². The fourth-order valence-corrected chi connectivity index (χ4v) is 2.58. The van der Waals surface area contributed by atoms with Gasteiger partial charge in [0.25, 0.3) is 0 Å². The maximum absolute atomic E-state index is 6.29. The van der Waals surface area contributed by atoms with Crippen LogP contribution in [0.15, 0.2) is 22.7 Å². The third-order valence-electron chi connectivity index (χ3n) is 3.44. The standard InChI is InChI=1S/C15H17ClN4O/c1-8-5-6-12-14(18-8)20(13(19-12)10(3)16)11(4)15-17-7-9(2)21-15/h5-7,10-11H,1-4H3. The van der Waals surface area contributed by atoms with E-state index in [9.17, 15) is 0 Å². The molecule has 0 aliphatic rings. The molecule has 21 heavy (non-hydrogen) atoms. The lowest BCUT2D eigenvalue weighted by Crippen LogP contribution is -2.12. The molecule has 0 saturated heterocycles. The maximum Gasteiger partial charge on any atom is 0.217 e. The minimum absolute atomic E-state index is 0.116. The molecule has 3 aromatic rings. The van der Waals surface area contributed by atoms with E-state index in [0.29, 0.717) is 5.89 Å². The van der Waals surface area contributed by atoms with E-state index in [1.165, 1.54) is 0 Å². The molecule has 110 valence electrons. The second-order valence-electron chi connectivity index (χ2n) is 5.24. The third kappa shape index (κ3) is 2.42. The number of hydrogen-bond acceptors (Lipinski definition) is 4. The average Bonchev–Trinajstić information content (AvgIpc) is 3.01. The Morgan fingerprint density at radius 1 is 1.19 bits per heavy atom. The highest BCUT2D eigenvalue weighted by molar-refractivity contribution is 6.20. The fourth-order valence-electron chi connectivity index (χ4n) is 2.42. The van der Waals surface area contributed by atoms with Gasteiger partial charge in [-0.3, -0.25) is 4.57 Å². The molecule has 0 radical (unpaired) electrons. The highest BCUT2D eigenvalue weighted by Gasteiger charge is 2.23. The summed E-state index contributed by atoms with van der Waals surface area (Å²) in [6.45, 7) is 7.75. The Morgan fingerprint density at radius 3 is 2.57 bits per heavy atom. The fraction of sp³-hybridized carbons (Fsp3) is 0.400. The topological polar surface area (TPSA) is 56.7 Å². The molecule has 0 spiro atoms. The van der Waals surface area contributed by atoms with E-state index in [4.69, 9.17) is 16.0 Å². The Labute approximate surface area is 128 Å². The largest absolute Gasteiger partial charge is 0.444 e. The van der Waals surface area contributed by atoms with Crippen LogP contribution in [-0.2, 0) is 0 Å². The number of pyridine rings is 1. The lowest BCUT2D eigenvalue weighted by molar-refractivity contribution is 0.413. The predicted molar refractivity (Wildman–Crippen MR) is 81.6 cm³/mol. The molecule has 0 aliphatic heterocycles. The van der Waals surface area contributed by atoms with Crippen molar-refractivity contribution in [2.75, 3.05) is 0 Å². The summed E-state index contributed by atoms with van der Waals surface area (Å²) < 4.78 is 7.66. The van der Waals surface area contributed by atoms with Gasteiger partial charge in [-0.1, -0.05) is 0 Å². The van der Waals surface area contributed by atoms with E-state index < -0.39 is 0 Å². The molecule has 0 saturated carbocycles. The summed E-state index contributed by atoms with van der Waals surface area (Å²) in [5.74, 6) is 2.19. The van der Waals surface area contributed by atoms with Crippen LogP contribution in [0.3, 0.4) is 0 Å². The first-order valence-corrected chi connectivity index (χ1v) is 7.33. The quantitative estimate of drug-likeness (QED) is 0.688. The molecular formula is C15H17ClN4O. The Hall–Kier alpha value is -1.88. The molecule has 0 bridgehead atoms. The van der Waals surface area contributed by atoms with Crippen LogP contribution in [0.4, 0.5) is 0 Å². The number of aryl methyl sites for hydroxylation is 2. The second-order valence-corrected chi connectivity index (χ2v) is 5.89. The Balaban J connectivity index is 2.23. The van der Waals surface area contributed by atoms with Crippen molar-refractivity contribution in [2.24, 2.45) is 0 Å². The van der Waals surface area contributed by atoms with E-state index in [-0.39, 0.29) is 11.4 Å². The molecular weight excluding hydrogens is 288 g/mol. The molecule has 3 rings (SSSR count). The van der Waals surface area contributed by atoms with E-state index in [0.717, 1.165) is 28.4 Å². The number of fused-ring (bicyclic) bond motifs is 1. The SMILES string of the molecule is Cc1ccc2nc(C(C)Cl)n(C(C)c3ncc(C)o3)c2n1. The first-order chi connectivity index (χ1) is 9.97. The highest BCUT2D eigenvalue weighted by atomic mass is 35.5. The molecule has 0 N–H and O–H groups in total. The number of hydrogen-bond donors (Lipinski definition) is 0. The van der Waals surface area contributed by atoms with Gasteiger partial charge in [0.15, 0.2) is 5.65 Å². The Bertz CT molecular complexity index is 790. The summed E-state index contributed by atoms with van der Waals surface area (Å²) in [6.07, 6.45) is 1.72. The molecule has 3 heterocycles. The van der Waals surface area contributed by atoms with Gasteiger partial charge < -0.3 is 4.42 Å². The molecule has 2 unspecified atom stereocenters. The van der Waals surface area contributed by atoms with Crippen molar-refractivity contribution in [1.82, 2.24) is 19.5 Å². The van der Waals surface area contributed by atoms with Gasteiger partial charge in [0.2, 0.25) is 5.89 Å². The van der Waals surface area contributed by atoms with Crippen molar-refractivity contribution in [2.45, 2.75) is 39.1 Å². The summed E-state index contributed by atoms with van der Waals surface area (Å²) in [5, 5.41) is -0.224. The number of nitrogens with zero attached hydrogens (tertiary/aromatic N) is 4. The number of imidazole rings is 1. The van der Waals surface area contributed by atoms with Crippen molar-refractivity contribution in [3.05, 3.63) is 41.5 Å². The normalized spacial score (nSPS) is 14.5. The second kappa shape index (κ2) is 5.15. The van der Waals surface area contributed by atoms with Crippen molar-refractivity contribution in [1.29, 1.82) is 0 Å². The molecule has 5 nitrogen and oxygen atoms in total. The zero-order valence-corrected chi connectivity index (χ0v) is 13.2. The number of aromatic nitrogens is 4. The van der Waals surface area contributed by atoms with Crippen LogP contribution in [0.2, 0.25) is 0 Å². The number of oxazole rings is 1. The van der Waals surface area contributed by atoms with Crippen molar-refractivity contribution < 1.29 is 4.42 Å². The summed E-state index contributed by atoms with van der Waals surface area (Å²) >= 11 is 6.29. The van der Waals surface area contributed by atoms with Gasteiger partial charge in [0, 0.05) is 5.69 Å². The van der Waals surface area contributed by atoms with E-state index in [2.05, 4.69) is 15.0 Å². The summed E-state index contributed by atoms with van der Waals surface area (Å²) in [5.41, 5.74) is 2.58. The molecule has 0 amide bonds. The Morgan fingerprint density at radius 2 is 1.95 bits per heavy atom. The lowest BCUT2D eigenvalue weighted by Gasteiger charge is -2.15. The zero-order chi connectivity index (χ0) is 15.1. The van der Waals surface area contributed by atoms with Crippen LogP contribution in [0, 0.1) is 13.8 Å². The summed E-state index contributed by atoms with van der Waals surface area (Å²) in [6, 6.07) is 3.79. The third-order valence-corrected chi connectivity index (χ3v) is 3.64. The minimum atomic E-state index is -0.224. The van der Waals surface area contributed by atoms with Crippen LogP contribution < -0.4 is 0 Å². The maximum atomic E-state index is 6.29. The summed E-state index contributed by atoms with van der Waals surface area (Å²) in [7, 11) is 0. The van der Waals surface area contributed by atoms with Gasteiger partial charge >= 0.3 is 0 Å². The Kier molecular flexibility index (Phi) is 3.45. The highest BCUT2D eigenvalue weighted by Crippen LogP contribution is 2.30. The number of rotatable bonds is 3. The average molecular weight is 305 g/mol. The van der Waals surface area contributed by atoms with E-state index in [1.54, 1.807) is 6.20 Å².